The number of H-pyrrole nitrogens is 1. The van der Waals surface area contributed by atoms with Crippen molar-refractivity contribution in [1.82, 2.24) is 25.4 Å². The monoisotopic (exact) mass is 527 g/mol. The first kappa shape index (κ1) is 26.8. The van der Waals surface area contributed by atoms with Gasteiger partial charge in [0.05, 0.1) is 19.0 Å². The number of amides is 2. The molecule has 1 aliphatic heterocycles. The Labute approximate surface area is 210 Å². The van der Waals surface area contributed by atoms with E-state index in [1.807, 2.05) is 6.92 Å². The summed E-state index contributed by atoms with van der Waals surface area (Å²) in [5.41, 5.74) is -2.17. The molecule has 37 heavy (non-hydrogen) atoms. The van der Waals surface area contributed by atoms with Crippen molar-refractivity contribution in [2.75, 3.05) is 13.7 Å². The van der Waals surface area contributed by atoms with E-state index >= 15 is 0 Å². The quantitative estimate of drug-likeness (QED) is 0.514. The Bertz CT molecular complexity index is 1150. The number of likely N-dealkylation sites (tertiary alicyclic amines) is 1. The average Bonchev–Trinajstić information content (AvgIpc) is 3.35. The van der Waals surface area contributed by atoms with Crippen LogP contribution >= 0.6 is 0 Å². The molecule has 3 heterocycles. The summed E-state index contributed by atoms with van der Waals surface area (Å²) < 4.78 is 58.3. The Morgan fingerprint density at radius 3 is 2.57 bits per heavy atom. The molecule has 1 saturated heterocycles. The topological polar surface area (TPSA) is 120 Å². The smallest absolute Gasteiger partial charge is 0.417 e. The van der Waals surface area contributed by atoms with Gasteiger partial charge in [0, 0.05) is 36.2 Å². The number of halogens is 4. The summed E-state index contributed by atoms with van der Waals surface area (Å²) in [4.78, 5) is 31.3. The number of nitrogens with one attached hydrogen (secondary N) is 2. The van der Waals surface area contributed by atoms with Gasteiger partial charge in [-0.1, -0.05) is 0 Å². The molecule has 3 N–H and O–H groups in total. The van der Waals surface area contributed by atoms with Crippen LogP contribution in [0.5, 0.6) is 5.88 Å². The van der Waals surface area contributed by atoms with Crippen LogP contribution in [0.1, 0.15) is 55.9 Å². The summed E-state index contributed by atoms with van der Waals surface area (Å²) in [7, 11) is 1.40. The van der Waals surface area contributed by atoms with Crippen LogP contribution in [0.2, 0.25) is 0 Å². The molecule has 2 atom stereocenters. The van der Waals surface area contributed by atoms with Crippen molar-refractivity contribution in [3.63, 3.8) is 0 Å². The number of pyridine rings is 1. The summed E-state index contributed by atoms with van der Waals surface area (Å²) in [5.74, 6) is -1.42. The van der Waals surface area contributed by atoms with E-state index < -0.39 is 42.4 Å². The van der Waals surface area contributed by atoms with Crippen LogP contribution in [0.25, 0.3) is 11.3 Å². The zero-order chi connectivity index (χ0) is 27.0. The molecule has 2 unspecified atom stereocenters. The Balaban J connectivity index is 1.33. The van der Waals surface area contributed by atoms with Crippen LogP contribution in [0.4, 0.5) is 17.6 Å². The van der Waals surface area contributed by atoms with Crippen molar-refractivity contribution in [1.29, 1.82) is 0 Å². The highest BCUT2D eigenvalue weighted by atomic mass is 19.4. The number of nitrogens with zero attached hydrogens (tertiary/aromatic N) is 3. The number of hydrogen-bond acceptors (Lipinski definition) is 6. The fraction of sp³-hybridized carbons (Fsp3) is 0.583. The number of hydrogen-bond donors (Lipinski definition) is 3. The number of ether oxygens (including phenoxy) is 1. The van der Waals surface area contributed by atoms with Crippen molar-refractivity contribution < 1.29 is 37.0 Å². The summed E-state index contributed by atoms with van der Waals surface area (Å²) in [6.07, 6.45) is -3.73. The van der Waals surface area contributed by atoms with Crippen molar-refractivity contribution in [3.05, 3.63) is 29.8 Å². The minimum Gasteiger partial charge on any atom is -0.481 e. The van der Waals surface area contributed by atoms with Crippen molar-refractivity contribution in [3.8, 4) is 17.1 Å². The maximum Gasteiger partial charge on any atom is 0.417 e. The number of aliphatic hydroxyl groups is 1. The van der Waals surface area contributed by atoms with E-state index in [-0.39, 0.29) is 60.1 Å². The van der Waals surface area contributed by atoms with Gasteiger partial charge in [-0.25, -0.2) is 9.37 Å². The lowest BCUT2D eigenvalue weighted by Crippen LogP contribution is -2.53. The van der Waals surface area contributed by atoms with Gasteiger partial charge in [-0.05, 0) is 51.5 Å². The highest BCUT2D eigenvalue weighted by molar-refractivity contribution is 5.94. The van der Waals surface area contributed by atoms with Crippen molar-refractivity contribution in [2.45, 2.75) is 69.3 Å². The van der Waals surface area contributed by atoms with Crippen LogP contribution in [0.15, 0.2) is 18.3 Å². The average molecular weight is 528 g/mol. The number of piperidine rings is 1. The third-order valence-electron chi connectivity index (χ3n) is 7.32. The first-order valence-corrected chi connectivity index (χ1v) is 12.1. The zero-order valence-electron chi connectivity index (χ0n) is 20.4. The summed E-state index contributed by atoms with van der Waals surface area (Å²) in [5, 5.41) is 19.3. The molecule has 1 saturated carbocycles. The van der Waals surface area contributed by atoms with Crippen LogP contribution in [0, 0.1) is 11.7 Å². The minimum atomic E-state index is -4.69. The van der Waals surface area contributed by atoms with Gasteiger partial charge in [0.25, 0.3) is 5.91 Å². The van der Waals surface area contributed by atoms with Crippen LogP contribution in [0.3, 0.4) is 0 Å². The molecule has 13 heteroatoms. The summed E-state index contributed by atoms with van der Waals surface area (Å²) >= 11 is 0. The van der Waals surface area contributed by atoms with Crippen LogP contribution < -0.4 is 10.1 Å². The summed E-state index contributed by atoms with van der Waals surface area (Å²) in [6, 6.07) is 2.10. The van der Waals surface area contributed by atoms with Gasteiger partial charge in [0.1, 0.15) is 0 Å². The largest absolute Gasteiger partial charge is 0.481 e. The Morgan fingerprint density at radius 2 is 1.95 bits per heavy atom. The molecule has 2 fully saturated rings. The highest BCUT2D eigenvalue weighted by Gasteiger charge is 2.54. The zero-order valence-corrected chi connectivity index (χ0v) is 20.4. The lowest BCUT2D eigenvalue weighted by Gasteiger charge is -2.39. The lowest BCUT2D eigenvalue weighted by molar-refractivity contribution is -0.270. The van der Waals surface area contributed by atoms with Gasteiger partial charge in [-0.2, -0.15) is 18.3 Å². The standard InChI is InChI=1S/C24H29F4N5O4/c1-13-9-14(21(34)30-15-3-6-23(36,7-4-15)24(26,27)28)5-8-33(13)22(35)19-11-18(31-32-19)16-10-20(37-2)29-12-17(16)25/h10-15,36H,3-9H2,1-2H3,(H,30,34)(H,31,32). The van der Waals surface area contributed by atoms with Gasteiger partial charge in [0.2, 0.25) is 11.8 Å². The molecule has 2 aromatic heterocycles. The van der Waals surface area contributed by atoms with E-state index in [9.17, 15) is 32.3 Å². The van der Waals surface area contributed by atoms with E-state index in [0.29, 0.717) is 12.8 Å². The first-order chi connectivity index (χ1) is 17.4. The number of rotatable bonds is 5. The third kappa shape index (κ3) is 5.55. The van der Waals surface area contributed by atoms with Gasteiger partial charge in [0.15, 0.2) is 17.1 Å². The Kier molecular flexibility index (Phi) is 7.45. The van der Waals surface area contributed by atoms with E-state index in [1.54, 1.807) is 4.90 Å². The molecule has 0 aromatic carbocycles. The molecular formula is C24H29F4N5O4. The normalized spacial score (nSPS) is 26.6. The fourth-order valence-corrected chi connectivity index (χ4v) is 5.01. The van der Waals surface area contributed by atoms with Gasteiger partial charge >= 0.3 is 6.18 Å². The van der Waals surface area contributed by atoms with Crippen molar-refractivity contribution >= 4 is 11.8 Å². The predicted octanol–water partition coefficient (Wildman–Crippen LogP) is 3.21. The number of carbonyl (C=O) groups excluding carboxylic acids is 2. The Morgan fingerprint density at radius 1 is 1.24 bits per heavy atom. The maximum atomic E-state index is 14.2. The number of aromatic amines is 1. The molecule has 0 spiro atoms. The number of alkyl halides is 3. The molecule has 0 radical (unpaired) electrons. The second-order valence-corrected chi connectivity index (χ2v) is 9.75. The number of aromatic nitrogens is 3. The molecule has 2 aliphatic rings. The predicted molar refractivity (Wildman–Crippen MR) is 123 cm³/mol. The molecule has 4 rings (SSSR count). The van der Waals surface area contributed by atoms with Gasteiger partial charge in [-0.3, -0.25) is 14.7 Å². The molecule has 2 amide bonds. The maximum absolute atomic E-state index is 14.2. The van der Waals surface area contributed by atoms with E-state index in [0.717, 1.165) is 6.20 Å². The van der Waals surface area contributed by atoms with E-state index in [2.05, 4.69) is 20.5 Å². The molecule has 1 aliphatic carbocycles. The van der Waals surface area contributed by atoms with Crippen LogP contribution in [-0.4, -0.2) is 74.5 Å². The SMILES string of the molecule is COc1cc(-c2cc(C(=O)N3CCC(C(=O)NC4CCC(O)(C(F)(F)F)CC4)CC3C)n[nH]2)c(F)cn1. The fourth-order valence-electron chi connectivity index (χ4n) is 5.01. The highest BCUT2D eigenvalue weighted by Crippen LogP contribution is 2.41. The molecular weight excluding hydrogens is 498 g/mol. The minimum absolute atomic E-state index is 0.0417. The van der Waals surface area contributed by atoms with Gasteiger partial charge < -0.3 is 20.1 Å². The van der Waals surface area contributed by atoms with E-state index in [4.69, 9.17) is 4.74 Å². The molecule has 2 aromatic rings. The number of carbonyl (C=O) groups is 2. The summed E-state index contributed by atoms with van der Waals surface area (Å²) in [6.45, 7) is 2.10. The Hall–Kier alpha value is -3.22. The third-order valence-corrected chi connectivity index (χ3v) is 7.32. The molecule has 202 valence electrons. The first-order valence-electron chi connectivity index (χ1n) is 12.1. The van der Waals surface area contributed by atoms with Gasteiger partial charge in [-0.15, -0.1) is 0 Å². The van der Waals surface area contributed by atoms with E-state index in [1.165, 1.54) is 19.2 Å². The van der Waals surface area contributed by atoms with Crippen LogP contribution in [-0.2, 0) is 4.79 Å². The second-order valence-electron chi connectivity index (χ2n) is 9.75. The van der Waals surface area contributed by atoms with Crippen molar-refractivity contribution in [2.24, 2.45) is 5.92 Å². The number of methoxy groups -OCH3 is 1. The molecule has 9 nitrogen and oxygen atoms in total. The lowest BCUT2D eigenvalue weighted by atomic mass is 9.81. The second kappa shape index (κ2) is 10.3. The molecule has 0 bridgehead atoms.